The molecule has 4 heteroatoms. The first-order valence-corrected chi connectivity index (χ1v) is 7.10. The Morgan fingerprint density at radius 3 is 2.90 bits per heavy atom. The van der Waals surface area contributed by atoms with Gasteiger partial charge in [-0.2, -0.15) is 5.26 Å². The maximum atomic E-state index is 9.01. The number of rotatable bonds is 5. The molecule has 0 spiro atoms. The lowest BCUT2D eigenvalue weighted by atomic mass is 10.1. The van der Waals surface area contributed by atoms with Crippen molar-refractivity contribution in [2.45, 2.75) is 25.4 Å². The SMILES string of the molecule is COc1ccc(C#N)cc1CN(C)CC1CCCN1C. The van der Waals surface area contributed by atoms with Crippen LogP contribution in [-0.2, 0) is 6.54 Å². The van der Waals surface area contributed by atoms with Gasteiger partial charge in [0.05, 0.1) is 18.7 Å². The van der Waals surface area contributed by atoms with Crippen LogP contribution in [0.2, 0.25) is 0 Å². The number of methoxy groups -OCH3 is 1. The maximum Gasteiger partial charge on any atom is 0.123 e. The number of likely N-dealkylation sites (N-methyl/N-ethyl adjacent to an activating group) is 2. The van der Waals surface area contributed by atoms with Crippen molar-refractivity contribution in [1.82, 2.24) is 9.80 Å². The van der Waals surface area contributed by atoms with Crippen molar-refractivity contribution in [2.75, 3.05) is 34.3 Å². The van der Waals surface area contributed by atoms with Gasteiger partial charge >= 0.3 is 0 Å². The highest BCUT2D eigenvalue weighted by Crippen LogP contribution is 2.22. The fourth-order valence-corrected chi connectivity index (χ4v) is 2.90. The Balaban J connectivity index is 2.03. The highest BCUT2D eigenvalue weighted by molar-refractivity contribution is 5.42. The van der Waals surface area contributed by atoms with Crippen LogP contribution < -0.4 is 4.74 Å². The molecule has 0 saturated carbocycles. The van der Waals surface area contributed by atoms with Gasteiger partial charge < -0.3 is 14.5 Å². The molecular formula is C16H23N3O. The van der Waals surface area contributed by atoms with E-state index >= 15 is 0 Å². The van der Waals surface area contributed by atoms with Crippen molar-refractivity contribution in [3.05, 3.63) is 29.3 Å². The van der Waals surface area contributed by atoms with Gasteiger partial charge in [-0.25, -0.2) is 0 Å². The Labute approximate surface area is 121 Å². The highest BCUT2D eigenvalue weighted by atomic mass is 16.5. The van der Waals surface area contributed by atoms with Crippen LogP contribution >= 0.6 is 0 Å². The fraction of sp³-hybridized carbons (Fsp3) is 0.562. The second-order valence-corrected chi connectivity index (χ2v) is 5.61. The van der Waals surface area contributed by atoms with E-state index in [0.29, 0.717) is 11.6 Å². The van der Waals surface area contributed by atoms with Crippen molar-refractivity contribution < 1.29 is 4.74 Å². The van der Waals surface area contributed by atoms with Gasteiger partial charge in [-0.05, 0) is 51.7 Å². The topological polar surface area (TPSA) is 39.5 Å². The average molecular weight is 273 g/mol. The lowest BCUT2D eigenvalue weighted by molar-refractivity contribution is 0.214. The molecule has 1 fully saturated rings. The predicted octanol–water partition coefficient (Wildman–Crippen LogP) is 2.09. The van der Waals surface area contributed by atoms with E-state index in [-0.39, 0.29) is 0 Å². The summed E-state index contributed by atoms with van der Waals surface area (Å²) in [5.74, 6) is 0.857. The zero-order chi connectivity index (χ0) is 14.5. The van der Waals surface area contributed by atoms with Crippen molar-refractivity contribution in [1.29, 1.82) is 5.26 Å². The maximum absolute atomic E-state index is 9.01. The molecule has 0 bridgehead atoms. The minimum absolute atomic E-state index is 0.644. The third-order valence-electron chi connectivity index (χ3n) is 4.04. The summed E-state index contributed by atoms with van der Waals surface area (Å²) in [5.41, 5.74) is 1.77. The Morgan fingerprint density at radius 1 is 1.50 bits per heavy atom. The molecular weight excluding hydrogens is 250 g/mol. The molecule has 1 heterocycles. The first-order valence-electron chi connectivity index (χ1n) is 7.10. The first kappa shape index (κ1) is 14.8. The molecule has 1 unspecified atom stereocenters. The average Bonchev–Trinajstić information content (AvgIpc) is 2.84. The molecule has 4 nitrogen and oxygen atoms in total. The van der Waals surface area contributed by atoms with E-state index in [1.54, 1.807) is 13.2 Å². The van der Waals surface area contributed by atoms with Gasteiger partial charge in [0.25, 0.3) is 0 Å². The van der Waals surface area contributed by atoms with E-state index in [9.17, 15) is 0 Å². The van der Waals surface area contributed by atoms with Gasteiger partial charge in [-0.15, -0.1) is 0 Å². The van der Waals surface area contributed by atoms with Crippen molar-refractivity contribution in [2.24, 2.45) is 0 Å². The van der Waals surface area contributed by atoms with Gasteiger partial charge in [0.15, 0.2) is 0 Å². The molecule has 1 aromatic rings. The summed E-state index contributed by atoms with van der Waals surface area (Å²) in [6.07, 6.45) is 2.57. The molecule has 1 atom stereocenters. The summed E-state index contributed by atoms with van der Waals surface area (Å²) in [4.78, 5) is 4.74. The van der Waals surface area contributed by atoms with Crippen molar-refractivity contribution in [3.63, 3.8) is 0 Å². The van der Waals surface area contributed by atoms with Crippen molar-refractivity contribution in [3.8, 4) is 11.8 Å². The smallest absolute Gasteiger partial charge is 0.123 e. The summed E-state index contributed by atoms with van der Waals surface area (Å²) in [5, 5.41) is 9.01. The molecule has 1 saturated heterocycles. The zero-order valence-corrected chi connectivity index (χ0v) is 12.6. The number of benzene rings is 1. The van der Waals surface area contributed by atoms with E-state index in [0.717, 1.165) is 24.4 Å². The standard InChI is InChI=1S/C16H23N3O/c1-18(12-15-5-4-8-19(15)2)11-14-9-13(10-17)6-7-16(14)20-3/h6-7,9,15H,4-5,8,11-12H2,1-3H3. The molecule has 1 aliphatic rings. The Hall–Kier alpha value is -1.57. The van der Waals surface area contributed by atoms with Crippen LogP contribution in [0.25, 0.3) is 0 Å². The second-order valence-electron chi connectivity index (χ2n) is 5.61. The van der Waals surface area contributed by atoms with Crippen LogP contribution in [0, 0.1) is 11.3 Å². The molecule has 20 heavy (non-hydrogen) atoms. The van der Waals surface area contributed by atoms with Gasteiger partial charge in [0, 0.05) is 24.7 Å². The number of nitrogens with zero attached hydrogens (tertiary/aromatic N) is 3. The quantitative estimate of drug-likeness (QED) is 0.823. The normalized spacial score (nSPS) is 19.2. The molecule has 0 aromatic heterocycles. The molecule has 108 valence electrons. The van der Waals surface area contributed by atoms with Crippen molar-refractivity contribution >= 4 is 0 Å². The Morgan fingerprint density at radius 2 is 2.30 bits per heavy atom. The van der Waals surface area contributed by atoms with E-state index in [1.807, 2.05) is 12.1 Å². The number of hydrogen-bond acceptors (Lipinski definition) is 4. The van der Waals surface area contributed by atoms with E-state index in [1.165, 1.54) is 19.4 Å². The number of nitriles is 1. The third-order valence-corrected chi connectivity index (χ3v) is 4.04. The van der Waals surface area contributed by atoms with Crippen LogP contribution in [0.4, 0.5) is 0 Å². The predicted molar refractivity (Wildman–Crippen MR) is 79.7 cm³/mol. The number of hydrogen-bond donors (Lipinski definition) is 0. The molecule has 1 aliphatic heterocycles. The summed E-state index contributed by atoms with van der Waals surface area (Å²) in [6.45, 7) is 3.06. The van der Waals surface area contributed by atoms with Crippen LogP contribution in [0.3, 0.4) is 0 Å². The number of ether oxygens (including phenoxy) is 1. The second kappa shape index (κ2) is 6.74. The van der Waals surface area contributed by atoms with Crippen LogP contribution in [0.1, 0.15) is 24.0 Å². The summed E-state index contributed by atoms with van der Waals surface area (Å²) in [7, 11) is 6.00. The monoisotopic (exact) mass is 273 g/mol. The van der Waals surface area contributed by atoms with Crippen LogP contribution in [-0.4, -0.2) is 50.1 Å². The molecule has 2 rings (SSSR count). The summed E-state index contributed by atoms with van der Waals surface area (Å²) < 4.78 is 5.39. The van der Waals surface area contributed by atoms with E-state index in [2.05, 4.69) is 30.0 Å². The zero-order valence-electron chi connectivity index (χ0n) is 12.6. The van der Waals surface area contributed by atoms with Gasteiger partial charge in [-0.1, -0.05) is 0 Å². The van der Waals surface area contributed by atoms with E-state index in [4.69, 9.17) is 10.00 Å². The first-order chi connectivity index (χ1) is 9.63. The van der Waals surface area contributed by atoms with Crippen LogP contribution in [0.15, 0.2) is 18.2 Å². The summed E-state index contributed by atoms with van der Waals surface area (Å²) >= 11 is 0. The van der Waals surface area contributed by atoms with Gasteiger partial charge in [0.2, 0.25) is 0 Å². The molecule has 0 radical (unpaired) electrons. The van der Waals surface area contributed by atoms with Gasteiger partial charge in [0.1, 0.15) is 5.75 Å². The van der Waals surface area contributed by atoms with Gasteiger partial charge in [-0.3, -0.25) is 0 Å². The van der Waals surface area contributed by atoms with E-state index < -0.39 is 0 Å². The fourth-order valence-electron chi connectivity index (χ4n) is 2.90. The largest absolute Gasteiger partial charge is 0.496 e. The highest BCUT2D eigenvalue weighted by Gasteiger charge is 2.22. The molecule has 0 N–H and O–H groups in total. The summed E-state index contributed by atoms with van der Waals surface area (Å²) in [6, 6.07) is 8.43. The molecule has 0 amide bonds. The molecule has 1 aromatic carbocycles. The number of likely N-dealkylation sites (tertiary alicyclic amines) is 1. The Kier molecular flexibility index (Phi) is 4.99. The minimum Gasteiger partial charge on any atom is -0.496 e. The molecule has 0 aliphatic carbocycles. The Bertz CT molecular complexity index is 495. The third kappa shape index (κ3) is 3.50. The lowest BCUT2D eigenvalue weighted by Gasteiger charge is -2.26. The van der Waals surface area contributed by atoms with Crippen LogP contribution in [0.5, 0.6) is 5.75 Å². The lowest BCUT2D eigenvalue weighted by Crippen LogP contribution is -2.36. The minimum atomic E-state index is 0.644.